The molecule has 0 amide bonds. The predicted octanol–water partition coefficient (Wildman–Crippen LogP) is 2.44. The summed E-state index contributed by atoms with van der Waals surface area (Å²) in [6.45, 7) is 0. The smallest absolute Gasteiger partial charge is 0.114 e. The Labute approximate surface area is 88.5 Å². The van der Waals surface area contributed by atoms with Gasteiger partial charge in [0, 0.05) is 0 Å². The number of allylic oxidation sites excluding steroid dienone is 1. The van der Waals surface area contributed by atoms with Crippen LogP contribution in [0.15, 0.2) is 59.9 Å². The van der Waals surface area contributed by atoms with Crippen LogP contribution in [0.2, 0.25) is 0 Å². The molecule has 2 nitrogen and oxygen atoms in total. The second-order valence-electron chi connectivity index (χ2n) is 3.42. The molecule has 2 heteroatoms. The van der Waals surface area contributed by atoms with Crippen LogP contribution in [-0.2, 0) is 0 Å². The molecule has 1 atom stereocenters. The number of aliphatic hydroxyl groups excluding tert-OH is 2. The average molecular weight is 200 g/mol. The Morgan fingerprint density at radius 1 is 1.07 bits per heavy atom. The van der Waals surface area contributed by atoms with E-state index in [1.54, 1.807) is 12.2 Å². The highest BCUT2D eigenvalue weighted by Crippen LogP contribution is 2.17. The molecule has 2 N–H and O–H groups in total. The zero-order valence-electron chi connectivity index (χ0n) is 8.17. The number of hydrogen-bond acceptors (Lipinski definition) is 2. The largest absolute Gasteiger partial charge is 0.508 e. The molecule has 0 heterocycles. The summed E-state index contributed by atoms with van der Waals surface area (Å²) < 4.78 is 0. The van der Waals surface area contributed by atoms with Crippen LogP contribution in [0.4, 0.5) is 0 Å². The van der Waals surface area contributed by atoms with E-state index in [1.807, 2.05) is 36.4 Å². The average Bonchev–Trinajstić information content (AvgIpc) is 2.24. The molecule has 2 rings (SSSR count). The van der Waals surface area contributed by atoms with Crippen LogP contribution in [-0.4, -0.2) is 16.3 Å². The van der Waals surface area contributed by atoms with E-state index in [9.17, 15) is 5.11 Å². The third-order valence-corrected chi connectivity index (χ3v) is 2.25. The Balaban J connectivity index is 2.27. The van der Waals surface area contributed by atoms with Gasteiger partial charge in [-0.2, -0.15) is 0 Å². The van der Waals surface area contributed by atoms with Crippen molar-refractivity contribution in [2.24, 2.45) is 0 Å². The molecule has 1 unspecified atom stereocenters. The first-order valence-corrected chi connectivity index (χ1v) is 4.79. The first-order chi connectivity index (χ1) is 7.25. The highest BCUT2D eigenvalue weighted by Gasteiger charge is 2.10. The van der Waals surface area contributed by atoms with Crippen molar-refractivity contribution >= 4 is 6.08 Å². The summed E-state index contributed by atoms with van der Waals surface area (Å²) in [6.07, 6.45) is 5.86. The minimum atomic E-state index is -0.727. The second kappa shape index (κ2) is 4.15. The molecule has 1 aliphatic carbocycles. The maximum atomic E-state index is 9.64. The van der Waals surface area contributed by atoms with Crippen molar-refractivity contribution in [3.63, 3.8) is 0 Å². The van der Waals surface area contributed by atoms with E-state index in [2.05, 4.69) is 0 Å². The lowest BCUT2D eigenvalue weighted by Crippen LogP contribution is -2.09. The summed E-state index contributed by atoms with van der Waals surface area (Å²) in [5.41, 5.74) is 1.81. The Hall–Kier alpha value is -1.80. The number of hydrogen-bond donors (Lipinski definition) is 2. The van der Waals surface area contributed by atoms with Crippen molar-refractivity contribution in [1.82, 2.24) is 0 Å². The Bertz CT molecular complexity index is 427. The van der Waals surface area contributed by atoms with Crippen molar-refractivity contribution in [2.75, 3.05) is 0 Å². The van der Waals surface area contributed by atoms with Gasteiger partial charge in [-0.3, -0.25) is 0 Å². The molecule has 76 valence electrons. The third kappa shape index (κ3) is 2.36. The maximum absolute atomic E-state index is 9.64. The van der Waals surface area contributed by atoms with Gasteiger partial charge in [-0.15, -0.1) is 0 Å². The van der Waals surface area contributed by atoms with Gasteiger partial charge in [0.1, 0.15) is 11.9 Å². The number of aliphatic hydroxyl groups is 2. The third-order valence-electron chi connectivity index (χ3n) is 2.25. The normalized spacial score (nSPS) is 22.9. The van der Waals surface area contributed by atoms with E-state index < -0.39 is 6.10 Å². The van der Waals surface area contributed by atoms with Gasteiger partial charge in [-0.25, -0.2) is 0 Å². The highest BCUT2D eigenvalue weighted by atomic mass is 16.3. The van der Waals surface area contributed by atoms with Crippen LogP contribution in [0, 0.1) is 0 Å². The summed E-state index contributed by atoms with van der Waals surface area (Å²) in [5.74, 6) is 0.104. The number of benzene rings is 1. The molecule has 0 spiro atoms. The fourth-order valence-corrected chi connectivity index (χ4v) is 1.47. The van der Waals surface area contributed by atoms with Crippen molar-refractivity contribution in [3.05, 3.63) is 65.5 Å². The standard InChI is InChI=1S/C13H12O2/c14-12-7-6-11(13(15)9-12)8-10-4-2-1-3-5-10/h1-9,13-15H. The van der Waals surface area contributed by atoms with E-state index in [0.717, 1.165) is 11.1 Å². The fourth-order valence-electron chi connectivity index (χ4n) is 1.47. The molecule has 0 fully saturated rings. The quantitative estimate of drug-likeness (QED) is 0.731. The highest BCUT2D eigenvalue weighted by molar-refractivity contribution is 5.59. The maximum Gasteiger partial charge on any atom is 0.114 e. The monoisotopic (exact) mass is 200 g/mol. The summed E-state index contributed by atoms with van der Waals surface area (Å²) >= 11 is 0. The van der Waals surface area contributed by atoms with Crippen LogP contribution in [0.1, 0.15) is 5.56 Å². The Kier molecular flexibility index (Phi) is 2.70. The van der Waals surface area contributed by atoms with Crippen LogP contribution in [0.25, 0.3) is 6.08 Å². The summed E-state index contributed by atoms with van der Waals surface area (Å²) in [5, 5.41) is 18.8. The predicted molar refractivity (Wildman–Crippen MR) is 60.3 cm³/mol. The minimum absolute atomic E-state index is 0.104. The molecule has 0 radical (unpaired) electrons. The van der Waals surface area contributed by atoms with Gasteiger partial charge in [-0.05, 0) is 29.4 Å². The molecule has 1 aromatic carbocycles. The number of rotatable bonds is 1. The zero-order chi connectivity index (χ0) is 10.7. The van der Waals surface area contributed by atoms with E-state index >= 15 is 0 Å². The molecule has 1 aliphatic rings. The molecule has 1 aromatic rings. The van der Waals surface area contributed by atoms with Gasteiger partial charge < -0.3 is 10.2 Å². The lowest BCUT2D eigenvalue weighted by Gasteiger charge is -2.12. The van der Waals surface area contributed by atoms with Gasteiger partial charge in [-0.1, -0.05) is 36.4 Å². The Morgan fingerprint density at radius 2 is 1.80 bits per heavy atom. The molecule has 15 heavy (non-hydrogen) atoms. The summed E-state index contributed by atoms with van der Waals surface area (Å²) in [4.78, 5) is 0. The van der Waals surface area contributed by atoms with Gasteiger partial charge in [0.05, 0.1) is 0 Å². The van der Waals surface area contributed by atoms with Gasteiger partial charge in [0.25, 0.3) is 0 Å². The minimum Gasteiger partial charge on any atom is -0.508 e. The Morgan fingerprint density at radius 3 is 2.47 bits per heavy atom. The van der Waals surface area contributed by atoms with E-state index in [1.165, 1.54) is 6.08 Å². The molecular formula is C13H12O2. The van der Waals surface area contributed by atoms with Gasteiger partial charge >= 0.3 is 0 Å². The first kappa shape index (κ1) is 9.74. The SMILES string of the molecule is OC1=CC(O)C(=Cc2ccccc2)C=C1. The topological polar surface area (TPSA) is 40.5 Å². The molecule has 0 saturated carbocycles. The second-order valence-corrected chi connectivity index (χ2v) is 3.42. The lowest BCUT2D eigenvalue weighted by atomic mass is 10.0. The van der Waals surface area contributed by atoms with Crippen molar-refractivity contribution in [3.8, 4) is 0 Å². The van der Waals surface area contributed by atoms with Crippen LogP contribution >= 0.6 is 0 Å². The molecule has 0 aliphatic heterocycles. The fraction of sp³-hybridized carbons (Fsp3) is 0.0769. The van der Waals surface area contributed by atoms with Crippen LogP contribution in [0.3, 0.4) is 0 Å². The summed E-state index contributed by atoms with van der Waals surface area (Å²) in [6, 6.07) is 9.76. The van der Waals surface area contributed by atoms with Gasteiger partial charge in [0.15, 0.2) is 0 Å². The van der Waals surface area contributed by atoms with Crippen LogP contribution < -0.4 is 0 Å². The van der Waals surface area contributed by atoms with Crippen LogP contribution in [0.5, 0.6) is 0 Å². The van der Waals surface area contributed by atoms with Crippen molar-refractivity contribution in [2.45, 2.75) is 6.10 Å². The molecule has 0 aromatic heterocycles. The molecule has 0 saturated heterocycles. The van der Waals surface area contributed by atoms with Gasteiger partial charge in [0.2, 0.25) is 0 Å². The molecule has 0 bridgehead atoms. The zero-order valence-corrected chi connectivity index (χ0v) is 8.17. The first-order valence-electron chi connectivity index (χ1n) is 4.79. The van der Waals surface area contributed by atoms with Crippen molar-refractivity contribution in [1.29, 1.82) is 0 Å². The van der Waals surface area contributed by atoms with E-state index in [-0.39, 0.29) is 5.76 Å². The van der Waals surface area contributed by atoms with E-state index in [4.69, 9.17) is 5.11 Å². The molecular weight excluding hydrogens is 188 g/mol. The van der Waals surface area contributed by atoms with E-state index in [0.29, 0.717) is 0 Å². The summed E-state index contributed by atoms with van der Waals surface area (Å²) in [7, 11) is 0. The van der Waals surface area contributed by atoms with Crippen molar-refractivity contribution < 1.29 is 10.2 Å². The lowest BCUT2D eigenvalue weighted by molar-refractivity contribution is 0.255.